The minimum atomic E-state index is -4.22. The van der Waals surface area contributed by atoms with Crippen LogP contribution in [-0.2, 0) is 0 Å². The fourth-order valence-electron chi connectivity index (χ4n) is 3.11. The van der Waals surface area contributed by atoms with Gasteiger partial charge in [-0.1, -0.05) is 0 Å². The number of nitrogens with one attached hydrogen (secondary N) is 1. The number of piperidine rings is 1. The lowest BCUT2D eigenvalue weighted by molar-refractivity contribution is -0.183. The van der Waals surface area contributed by atoms with Crippen LogP contribution in [0, 0.1) is 5.92 Å². The van der Waals surface area contributed by atoms with E-state index in [1.165, 1.54) is 33.3 Å². The van der Waals surface area contributed by atoms with Crippen molar-refractivity contribution in [2.75, 3.05) is 13.1 Å². The number of H-pyrrole nitrogens is 1. The van der Waals surface area contributed by atoms with Gasteiger partial charge in [0.25, 0.3) is 11.5 Å². The number of aromatic nitrogens is 4. The van der Waals surface area contributed by atoms with E-state index in [4.69, 9.17) is 0 Å². The van der Waals surface area contributed by atoms with Crippen molar-refractivity contribution in [2.45, 2.75) is 19.0 Å². The molecule has 1 N–H and O–H groups in total. The molecule has 142 valence electrons. The molecule has 0 spiro atoms. The minimum absolute atomic E-state index is 0.0458. The molecule has 0 aliphatic carbocycles. The van der Waals surface area contributed by atoms with Gasteiger partial charge in [0, 0.05) is 19.3 Å². The molecule has 7 nitrogen and oxygen atoms in total. The first-order valence-electron chi connectivity index (χ1n) is 8.21. The standard InChI is InChI=1S/C16H14F3N5O2S/c17-16(18,19)10-1-4-23(5-2-10)14(26)9-7-20-24(8-9)15-21-11-3-6-27-12(11)13(25)22-15/h3,6-8,10H,1-2,4-5H2,(H,21,22,25). The predicted molar refractivity (Wildman–Crippen MR) is 92.0 cm³/mol. The Balaban J connectivity index is 1.52. The average molecular weight is 397 g/mol. The number of fused-ring (bicyclic) bond motifs is 1. The number of likely N-dealkylation sites (tertiary alicyclic amines) is 1. The lowest BCUT2D eigenvalue weighted by atomic mass is 9.96. The second-order valence-corrected chi connectivity index (χ2v) is 7.22. The molecule has 1 fully saturated rings. The molecule has 0 bridgehead atoms. The van der Waals surface area contributed by atoms with E-state index in [1.807, 2.05) is 0 Å². The van der Waals surface area contributed by atoms with Crippen LogP contribution in [0.3, 0.4) is 0 Å². The minimum Gasteiger partial charge on any atom is -0.339 e. The molecular weight excluding hydrogens is 383 g/mol. The summed E-state index contributed by atoms with van der Waals surface area (Å²) in [5.41, 5.74) is 0.451. The molecule has 1 saturated heterocycles. The average Bonchev–Trinajstić information content (AvgIpc) is 3.30. The Hall–Kier alpha value is -2.69. The first kappa shape index (κ1) is 17.7. The highest BCUT2D eigenvalue weighted by atomic mass is 32.1. The molecular formula is C16H14F3N5O2S. The van der Waals surface area contributed by atoms with Crippen LogP contribution in [0.25, 0.3) is 16.2 Å². The van der Waals surface area contributed by atoms with Gasteiger partial charge < -0.3 is 4.90 Å². The molecule has 0 atom stereocenters. The summed E-state index contributed by atoms with van der Waals surface area (Å²) >= 11 is 1.27. The van der Waals surface area contributed by atoms with Gasteiger partial charge in [-0.2, -0.15) is 18.3 Å². The zero-order valence-electron chi connectivity index (χ0n) is 13.9. The largest absolute Gasteiger partial charge is 0.391 e. The van der Waals surface area contributed by atoms with Gasteiger partial charge in [0.2, 0.25) is 5.95 Å². The summed E-state index contributed by atoms with van der Waals surface area (Å²) in [5.74, 6) is -1.59. The molecule has 27 heavy (non-hydrogen) atoms. The number of carbonyl (C=O) groups is 1. The molecule has 0 aromatic carbocycles. The van der Waals surface area contributed by atoms with Crippen molar-refractivity contribution in [3.8, 4) is 5.95 Å². The number of amides is 1. The summed E-state index contributed by atoms with van der Waals surface area (Å²) in [7, 11) is 0. The Labute approximate surface area is 154 Å². The van der Waals surface area contributed by atoms with E-state index in [0.29, 0.717) is 10.2 Å². The van der Waals surface area contributed by atoms with Gasteiger partial charge >= 0.3 is 6.18 Å². The molecule has 0 saturated carbocycles. The van der Waals surface area contributed by atoms with E-state index < -0.39 is 12.1 Å². The Bertz CT molecular complexity index is 1050. The van der Waals surface area contributed by atoms with Crippen molar-refractivity contribution < 1.29 is 18.0 Å². The number of carbonyl (C=O) groups excluding carboxylic acids is 1. The van der Waals surface area contributed by atoms with Crippen LogP contribution in [0.4, 0.5) is 13.2 Å². The highest BCUT2D eigenvalue weighted by Crippen LogP contribution is 2.34. The fourth-order valence-corrected chi connectivity index (χ4v) is 3.84. The van der Waals surface area contributed by atoms with Crippen LogP contribution in [0.2, 0.25) is 0 Å². The van der Waals surface area contributed by atoms with Crippen LogP contribution in [0.15, 0.2) is 28.6 Å². The maximum Gasteiger partial charge on any atom is 0.391 e. The van der Waals surface area contributed by atoms with Crippen molar-refractivity contribution in [1.29, 1.82) is 0 Å². The zero-order valence-corrected chi connectivity index (χ0v) is 14.7. The number of rotatable bonds is 2. The number of hydrogen-bond acceptors (Lipinski definition) is 5. The Morgan fingerprint density at radius 1 is 1.30 bits per heavy atom. The Morgan fingerprint density at radius 2 is 2.04 bits per heavy atom. The van der Waals surface area contributed by atoms with E-state index in [1.54, 1.807) is 11.4 Å². The molecule has 1 aliphatic heterocycles. The molecule has 11 heteroatoms. The summed E-state index contributed by atoms with van der Waals surface area (Å²) in [6.45, 7) is 0.0915. The lowest BCUT2D eigenvalue weighted by Crippen LogP contribution is -2.42. The quantitative estimate of drug-likeness (QED) is 0.721. The van der Waals surface area contributed by atoms with Gasteiger partial charge in [-0.25, -0.2) is 9.67 Å². The first-order valence-corrected chi connectivity index (χ1v) is 9.09. The monoisotopic (exact) mass is 397 g/mol. The molecule has 1 aliphatic rings. The third kappa shape index (κ3) is 3.34. The van der Waals surface area contributed by atoms with Crippen LogP contribution < -0.4 is 5.56 Å². The topological polar surface area (TPSA) is 83.9 Å². The van der Waals surface area contributed by atoms with Gasteiger partial charge in [-0.3, -0.25) is 14.6 Å². The van der Waals surface area contributed by atoms with Crippen LogP contribution in [-0.4, -0.2) is 49.8 Å². The highest BCUT2D eigenvalue weighted by Gasteiger charge is 2.41. The molecule has 0 radical (unpaired) electrons. The first-order chi connectivity index (χ1) is 12.8. The number of aromatic amines is 1. The Kier molecular flexibility index (Phi) is 4.25. The SMILES string of the molecule is O=C(c1cnn(-c2nc3ccsc3c(=O)[nH]2)c1)N1CCC(C(F)(F)F)CC1. The molecule has 3 aromatic heterocycles. The number of halogens is 3. The number of thiophene rings is 1. The Morgan fingerprint density at radius 3 is 2.74 bits per heavy atom. The van der Waals surface area contributed by atoms with Gasteiger partial charge in [0.1, 0.15) is 4.70 Å². The summed E-state index contributed by atoms with van der Waals surface area (Å²) in [5, 5.41) is 5.80. The molecule has 1 amide bonds. The maximum atomic E-state index is 12.8. The second-order valence-electron chi connectivity index (χ2n) is 6.31. The maximum absolute atomic E-state index is 12.8. The number of nitrogens with zero attached hydrogens (tertiary/aromatic N) is 4. The van der Waals surface area contributed by atoms with E-state index in [2.05, 4.69) is 15.1 Å². The molecule has 0 unspecified atom stereocenters. The predicted octanol–water partition coefficient (Wildman–Crippen LogP) is 2.58. The number of alkyl halides is 3. The van der Waals surface area contributed by atoms with E-state index in [-0.39, 0.29) is 48.9 Å². The van der Waals surface area contributed by atoms with E-state index in [0.717, 1.165) is 0 Å². The van der Waals surface area contributed by atoms with Crippen molar-refractivity contribution in [1.82, 2.24) is 24.6 Å². The lowest BCUT2D eigenvalue weighted by Gasteiger charge is -2.32. The number of hydrogen-bond donors (Lipinski definition) is 1. The van der Waals surface area contributed by atoms with Crippen molar-refractivity contribution >= 4 is 27.5 Å². The summed E-state index contributed by atoms with van der Waals surface area (Å²) < 4.78 is 40.0. The van der Waals surface area contributed by atoms with Crippen LogP contribution >= 0.6 is 11.3 Å². The normalized spacial score (nSPS) is 16.2. The van der Waals surface area contributed by atoms with Gasteiger partial charge in [-0.05, 0) is 24.3 Å². The van der Waals surface area contributed by atoms with Crippen molar-refractivity contribution in [2.24, 2.45) is 5.92 Å². The summed E-state index contributed by atoms with van der Waals surface area (Å²) in [6.07, 6.45) is -1.71. The summed E-state index contributed by atoms with van der Waals surface area (Å²) in [6, 6.07) is 1.71. The van der Waals surface area contributed by atoms with Gasteiger partial charge in [0.15, 0.2) is 0 Å². The summed E-state index contributed by atoms with van der Waals surface area (Å²) in [4.78, 5) is 32.9. The van der Waals surface area contributed by atoms with Gasteiger partial charge in [0.05, 0.1) is 23.2 Å². The van der Waals surface area contributed by atoms with Gasteiger partial charge in [-0.15, -0.1) is 11.3 Å². The van der Waals surface area contributed by atoms with Crippen molar-refractivity contribution in [3.63, 3.8) is 0 Å². The van der Waals surface area contributed by atoms with E-state index >= 15 is 0 Å². The fraction of sp³-hybridized carbons (Fsp3) is 0.375. The third-order valence-corrected chi connectivity index (χ3v) is 5.50. The van der Waals surface area contributed by atoms with Crippen LogP contribution in [0.1, 0.15) is 23.2 Å². The van der Waals surface area contributed by atoms with Crippen molar-refractivity contribution in [3.05, 3.63) is 39.8 Å². The van der Waals surface area contributed by atoms with Crippen LogP contribution in [0.5, 0.6) is 0 Å². The molecule has 3 aromatic rings. The zero-order chi connectivity index (χ0) is 19.2. The second kappa shape index (κ2) is 6.48. The molecule has 4 rings (SSSR count). The van der Waals surface area contributed by atoms with E-state index in [9.17, 15) is 22.8 Å². The molecule has 4 heterocycles. The highest BCUT2D eigenvalue weighted by molar-refractivity contribution is 7.17. The smallest absolute Gasteiger partial charge is 0.339 e. The third-order valence-electron chi connectivity index (χ3n) is 4.59.